The van der Waals surface area contributed by atoms with Crippen molar-refractivity contribution in [3.63, 3.8) is 0 Å². The number of amides is 2. The zero-order chi connectivity index (χ0) is 13.7. The van der Waals surface area contributed by atoms with Crippen LogP contribution in [0.3, 0.4) is 0 Å². The molecule has 0 aromatic carbocycles. The number of carbonyl (C=O) groups excluding carboxylic acids is 2. The van der Waals surface area contributed by atoms with Gasteiger partial charge in [0.25, 0.3) is 0 Å². The summed E-state index contributed by atoms with van der Waals surface area (Å²) in [6, 6.07) is 0. The fourth-order valence-electron chi connectivity index (χ4n) is 1.11. The average Bonchev–Trinajstić information content (AvgIpc) is 2.54. The van der Waals surface area contributed by atoms with E-state index in [9.17, 15) is 9.59 Å². The van der Waals surface area contributed by atoms with E-state index in [2.05, 4.69) is 10.3 Å². The average molecular weight is 285 g/mol. The van der Waals surface area contributed by atoms with Gasteiger partial charge < -0.3 is 5.73 Å². The van der Waals surface area contributed by atoms with Crippen LogP contribution < -0.4 is 11.1 Å². The predicted molar refractivity (Wildman–Crippen MR) is 74.8 cm³/mol. The molecule has 0 unspecified atom stereocenters. The van der Waals surface area contributed by atoms with Crippen molar-refractivity contribution in [2.75, 3.05) is 11.1 Å². The van der Waals surface area contributed by atoms with Gasteiger partial charge in [0, 0.05) is 6.08 Å². The second-order valence-corrected chi connectivity index (χ2v) is 6.10. The Balaban J connectivity index is 2.69. The number of nitrogens with one attached hydrogen (secondary N) is 1. The summed E-state index contributed by atoms with van der Waals surface area (Å²) < 4.78 is 0.890. The standard InChI is InChI=1S/C11H15N3O2S2/c1-6(2)4-9(16)14-11-13-7(3)10(18-11)17-5-8(12)15/h4H,5H2,1-3H3,(H2,12,15)(H,13,14,16). The molecule has 2 amide bonds. The largest absolute Gasteiger partial charge is 0.369 e. The number of aromatic nitrogens is 1. The van der Waals surface area contributed by atoms with E-state index in [0.29, 0.717) is 5.13 Å². The number of hydrogen-bond acceptors (Lipinski definition) is 5. The molecule has 0 aliphatic heterocycles. The molecule has 0 radical (unpaired) electrons. The minimum atomic E-state index is -0.372. The van der Waals surface area contributed by atoms with Crippen LogP contribution in [0, 0.1) is 6.92 Å². The molecular formula is C11H15N3O2S2. The fraction of sp³-hybridized carbons (Fsp3) is 0.364. The molecule has 1 aromatic heterocycles. The highest BCUT2D eigenvalue weighted by molar-refractivity contribution is 8.01. The number of nitrogens with zero attached hydrogens (tertiary/aromatic N) is 1. The molecule has 1 rings (SSSR count). The third kappa shape index (κ3) is 4.89. The molecule has 5 nitrogen and oxygen atoms in total. The van der Waals surface area contributed by atoms with Crippen molar-refractivity contribution < 1.29 is 9.59 Å². The van der Waals surface area contributed by atoms with E-state index in [4.69, 9.17) is 5.73 Å². The van der Waals surface area contributed by atoms with E-state index in [1.807, 2.05) is 20.8 Å². The van der Waals surface area contributed by atoms with Crippen molar-refractivity contribution in [2.45, 2.75) is 25.0 Å². The number of aryl methyl sites for hydroxylation is 1. The van der Waals surface area contributed by atoms with Crippen molar-refractivity contribution in [3.05, 3.63) is 17.3 Å². The Morgan fingerprint density at radius 1 is 1.50 bits per heavy atom. The van der Waals surface area contributed by atoms with Crippen LogP contribution in [0.4, 0.5) is 5.13 Å². The summed E-state index contributed by atoms with van der Waals surface area (Å²) in [6.45, 7) is 5.53. The maximum Gasteiger partial charge on any atom is 0.250 e. The van der Waals surface area contributed by atoms with Crippen LogP contribution in [-0.4, -0.2) is 22.6 Å². The maximum atomic E-state index is 11.5. The molecule has 0 aliphatic rings. The minimum Gasteiger partial charge on any atom is -0.369 e. The molecule has 0 saturated carbocycles. The van der Waals surface area contributed by atoms with Gasteiger partial charge in [0.15, 0.2) is 5.13 Å². The molecular weight excluding hydrogens is 270 g/mol. The van der Waals surface area contributed by atoms with E-state index < -0.39 is 0 Å². The first-order valence-corrected chi connectivity index (χ1v) is 7.03. The monoisotopic (exact) mass is 285 g/mol. The Hall–Kier alpha value is -1.34. The van der Waals surface area contributed by atoms with Crippen molar-refractivity contribution >= 4 is 40.0 Å². The smallest absolute Gasteiger partial charge is 0.250 e. The van der Waals surface area contributed by atoms with E-state index in [0.717, 1.165) is 15.5 Å². The summed E-state index contributed by atoms with van der Waals surface area (Å²) in [5.41, 5.74) is 6.79. The lowest BCUT2D eigenvalue weighted by molar-refractivity contribution is -0.115. The van der Waals surface area contributed by atoms with Gasteiger partial charge in [0.1, 0.15) is 0 Å². The Labute approximate surface area is 114 Å². The first-order chi connectivity index (χ1) is 8.38. The number of anilines is 1. The number of thioether (sulfide) groups is 1. The molecule has 0 bridgehead atoms. The summed E-state index contributed by atoms with van der Waals surface area (Å²) in [4.78, 5) is 26.4. The number of primary amides is 1. The molecule has 0 fully saturated rings. The molecule has 0 saturated heterocycles. The molecule has 3 N–H and O–H groups in total. The Kier molecular flexibility index (Phi) is 5.36. The molecule has 0 atom stereocenters. The maximum absolute atomic E-state index is 11.5. The van der Waals surface area contributed by atoms with Crippen molar-refractivity contribution in [1.82, 2.24) is 4.98 Å². The van der Waals surface area contributed by atoms with Crippen LogP contribution in [0.5, 0.6) is 0 Å². The lowest BCUT2D eigenvalue weighted by atomic mass is 10.3. The van der Waals surface area contributed by atoms with Crippen molar-refractivity contribution in [2.24, 2.45) is 5.73 Å². The normalized spacial score (nSPS) is 9.94. The highest BCUT2D eigenvalue weighted by Gasteiger charge is 2.10. The van der Waals surface area contributed by atoms with Gasteiger partial charge in [-0.05, 0) is 20.8 Å². The summed E-state index contributed by atoms with van der Waals surface area (Å²) in [5.74, 6) is -0.358. The van der Waals surface area contributed by atoms with Gasteiger partial charge in [-0.1, -0.05) is 16.9 Å². The molecule has 0 aliphatic carbocycles. The predicted octanol–water partition coefficient (Wildman–Crippen LogP) is 1.93. The van der Waals surface area contributed by atoms with Crippen LogP contribution in [0.25, 0.3) is 0 Å². The van der Waals surface area contributed by atoms with Gasteiger partial charge in [0.2, 0.25) is 11.8 Å². The summed E-state index contributed by atoms with van der Waals surface area (Å²) in [6.07, 6.45) is 1.51. The first-order valence-electron chi connectivity index (χ1n) is 5.23. The van der Waals surface area contributed by atoms with Gasteiger partial charge in [-0.2, -0.15) is 0 Å². The number of carbonyl (C=O) groups is 2. The van der Waals surface area contributed by atoms with Crippen LogP contribution in [0.2, 0.25) is 0 Å². The van der Waals surface area contributed by atoms with Crippen LogP contribution in [0.15, 0.2) is 15.9 Å². The highest BCUT2D eigenvalue weighted by atomic mass is 32.2. The van der Waals surface area contributed by atoms with Gasteiger partial charge in [-0.15, -0.1) is 11.8 Å². The van der Waals surface area contributed by atoms with Gasteiger partial charge in [-0.3, -0.25) is 14.9 Å². The number of allylic oxidation sites excluding steroid dienone is 1. The number of nitrogens with two attached hydrogens (primary N) is 1. The van der Waals surface area contributed by atoms with E-state index in [-0.39, 0.29) is 17.6 Å². The van der Waals surface area contributed by atoms with Crippen molar-refractivity contribution in [1.29, 1.82) is 0 Å². The number of hydrogen-bond donors (Lipinski definition) is 2. The fourth-order valence-corrected chi connectivity index (χ4v) is 2.99. The molecule has 1 heterocycles. The third-order valence-electron chi connectivity index (χ3n) is 1.75. The Morgan fingerprint density at radius 2 is 2.17 bits per heavy atom. The van der Waals surface area contributed by atoms with E-state index in [1.165, 1.54) is 29.2 Å². The highest BCUT2D eigenvalue weighted by Crippen LogP contribution is 2.31. The lowest BCUT2D eigenvalue weighted by Crippen LogP contribution is -2.12. The second-order valence-electron chi connectivity index (χ2n) is 3.86. The van der Waals surface area contributed by atoms with E-state index in [1.54, 1.807) is 0 Å². The molecule has 18 heavy (non-hydrogen) atoms. The van der Waals surface area contributed by atoms with Gasteiger partial charge in [-0.25, -0.2) is 4.98 Å². The zero-order valence-electron chi connectivity index (χ0n) is 10.4. The van der Waals surface area contributed by atoms with Gasteiger partial charge in [0.05, 0.1) is 15.7 Å². The number of rotatable bonds is 5. The quantitative estimate of drug-likeness (QED) is 0.639. The summed E-state index contributed by atoms with van der Waals surface area (Å²) in [7, 11) is 0. The number of thiazole rings is 1. The molecule has 0 spiro atoms. The summed E-state index contributed by atoms with van der Waals surface area (Å²) in [5, 5.41) is 3.21. The lowest BCUT2D eigenvalue weighted by Gasteiger charge is -1.96. The summed E-state index contributed by atoms with van der Waals surface area (Å²) >= 11 is 2.67. The van der Waals surface area contributed by atoms with Crippen LogP contribution >= 0.6 is 23.1 Å². The SMILES string of the molecule is CC(C)=CC(=O)Nc1nc(C)c(SCC(N)=O)s1. The first kappa shape index (κ1) is 14.7. The van der Waals surface area contributed by atoms with Crippen LogP contribution in [-0.2, 0) is 9.59 Å². The third-order valence-corrected chi connectivity index (χ3v) is 4.21. The van der Waals surface area contributed by atoms with E-state index >= 15 is 0 Å². The minimum absolute atomic E-state index is 0.199. The Bertz CT molecular complexity index is 490. The molecule has 1 aromatic rings. The van der Waals surface area contributed by atoms with Crippen molar-refractivity contribution in [3.8, 4) is 0 Å². The zero-order valence-corrected chi connectivity index (χ0v) is 12.1. The van der Waals surface area contributed by atoms with Crippen LogP contribution in [0.1, 0.15) is 19.5 Å². The van der Waals surface area contributed by atoms with Gasteiger partial charge >= 0.3 is 0 Å². The molecule has 98 valence electrons. The Morgan fingerprint density at radius 3 is 2.72 bits per heavy atom. The molecule has 7 heteroatoms. The second kappa shape index (κ2) is 6.55. The topological polar surface area (TPSA) is 85.1 Å².